The van der Waals surface area contributed by atoms with Gasteiger partial charge in [0.25, 0.3) is 5.56 Å². The van der Waals surface area contributed by atoms with Crippen molar-refractivity contribution in [2.75, 3.05) is 24.7 Å². The van der Waals surface area contributed by atoms with E-state index in [4.69, 9.17) is 41.8 Å². The summed E-state index contributed by atoms with van der Waals surface area (Å²) in [5.41, 5.74) is 11.4. The molecule has 2 saturated heterocycles. The lowest BCUT2D eigenvalue weighted by atomic mass is 10.1. The first-order valence-electron chi connectivity index (χ1n) is 12.1. The summed E-state index contributed by atoms with van der Waals surface area (Å²) in [6.45, 7) is -5.33. The molecular weight excluding hydrogens is 590 g/mol. The van der Waals surface area contributed by atoms with Gasteiger partial charge in [-0.05, 0) is 11.8 Å². The maximum absolute atomic E-state index is 15.3. The van der Waals surface area contributed by atoms with Gasteiger partial charge in [0.05, 0.1) is 32.0 Å². The van der Waals surface area contributed by atoms with Crippen LogP contribution in [-0.4, -0.2) is 97.9 Å². The number of halogens is 1. The lowest BCUT2D eigenvalue weighted by Crippen LogP contribution is -2.32. The molecule has 21 heteroatoms. The number of aliphatic hydroxyl groups excluding tert-OH is 2. The number of nitrogen functional groups attached to an aromatic ring is 2. The van der Waals surface area contributed by atoms with Crippen LogP contribution >= 0.6 is 6.72 Å². The fourth-order valence-electron chi connectivity index (χ4n) is 4.78. The molecule has 6 rings (SSSR count). The van der Waals surface area contributed by atoms with E-state index < -0.39 is 68.5 Å². The summed E-state index contributed by atoms with van der Waals surface area (Å²) >= 11 is 5.13. The van der Waals surface area contributed by atoms with Crippen LogP contribution in [0.25, 0.3) is 22.3 Å². The minimum absolute atomic E-state index is 0.0460. The molecule has 2 aliphatic heterocycles. The number of fused-ring (bicyclic) bond motifs is 2. The number of hydrogen-bond acceptors (Lipinski definition) is 15. The predicted octanol–water partition coefficient (Wildman–Crippen LogP) is -1.38. The highest BCUT2D eigenvalue weighted by Crippen LogP contribution is 2.50. The number of H-pyrrole nitrogens is 1. The van der Waals surface area contributed by atoms with Crippen molar-refractivity contribution >= 4 is 52.6 Å². The number of rotatable bonds is 8. The first-order valence-corrected chi connectivity index (χ1v) is 14.7. The Morgan fingerprint density at radius 2 is 1.90 bits per heavy atom. The second-order valence-electron chi connectivity index (χ2n) is 9.32. The number of nitrogens with one attached hydrogen (secondary N) is 1. The lowest BCUT2D eigenvalue weighted by molar-refractivity contribution is -0.0545. The van der Waals surface area contributed by atoms with Crippen molar-refractivity contribution in [2.45, 2.75) is 49.5 Å². The summed E-state index contributed by atoms with van der Waals surface area (Å²) in [7, 11) is 0. The Morgan fingerprint density at radius 3 is 2.68 bits per heavy atom. The average Bonchev–Trinajstić information content (AvgIpc) is 3.69. The third-order valence-electron chi connectivity index (χ3n) is 6.73. The van der Waals surface area contributed by atoms with E-state index in [1.165, 1.54) is 17.2 Å². The van der Waals surface area contributed by atoms with Crippen LogP contribution in [0.4, 0.5) is 16.2 Å². The summed E-state index contributed by atoms with van der Waals surface area (Å²) in [4.78, 5) is 45.5. The summed E-state index contributed by atoms with van der Waals surface area (Å²) in [6, 6.07) is 0. The van der Waals surface area contributed by atoms with Gasteiger partial charge >= 0.3 is 6.72 Å². The third kappa shape index (κ3) is 5.07. The predicted molar refractivity (Wildman–Crippen MR) is 140 cm³/mol. The van der Waals surface area contributed by atoms with Crippen LogP contribution in [-0.2, 0) is 30.3 Å². The second-order valence-corrected chi connectivity index (χ2v) is 12.1. The Balaban J connectivity index is 1.17. The fourth-order valence-corrected chi connectivity index (χ4v) is 6.18. The van der Waals surface area contributed by atoms with Crippen LogP contribution in [0.5, 0.6) is 0 Å². The Kier molecular flexibility index (Phi) is 7.20. The number of hydrogen-bond donors (Lipinski definition) is 6. The maximum atomic E-state index is 15.3. The Labute approximate surface area is 233 Å². The van der Waals surface area contributed by atoms with Gasteiger partial charge in [0, 0.05) is 6.42 Å². The molecule has 0 bridgehead atoms. The van der Waals surface area contributed by atoms with E-state index in [1.54, 1.807) is 4.57 Å². The van der Waals surface area contributed by atoms with Crippen LogP contribution in [0.1, 0.15) is 18.9 Å². The average molecular weight is 615 g/mol. The van der Waals surface area contributed by atoms with Gasteiger partial charge in [0.2, 0.25) is 5.95 Å². The molecule has 4 aromatic rings. The molecule has 41 heavy (non-hydrogen) atoms. The van der Waals surface area contributed by atoms with Crippen LogP contribution in [0, 0.1) is 0 Å². The zero-order chi connectivity index (χ0) is 29.1. The fraction of sp³-hybridized carbons (Fsp3) is 0.500. The van der Waals surface area contributed by atoms with E-state index in [1.807, 2.05) is 0 Å². The van der Waals surface area contributed by atoms with Gasteiger partial charge in [0.1, 0.15) is 36.4 Å². The van der Waals surface area contributed by atoms with Gasteiger partial charge < -0.3 is 40.6 Å². The molecular formula is C20H24FN10O8PS. The van der Waals surface area contributed by atoms with E-state index in [2.05, 4.69) is 29.9 Å². The molecule has 2 aliphatic rings. The van der Waals surface area contributed by atoms with E-state index in [-0.39, 0.29) is 29.4 Å². The number of aliphatic hydroxyl groups is 2. The molecule has 0 aliphatic carbocycles. The van der Waals surface area contributed by atoms with Gasteiger partial charge in [-0.25, -0.2) is 24.3 Å². The van der Waals surface area contributed by atoms with Crippen molar-refractivity contribution in [3.8, 4) is 0 Å². The Hall–Kier alpha value is -3.20. The molecule has 8 N–H and O–H groups in total. The minimum atomic E-state index is -4.20. The maximum Gasteiger partial charge on any atom is 0.325 e. The Bertz CT molecular complexity index is 1700. The van der Waals surface area contributed by atoms with Crippen molar-refractivity contribution in [1.82, 2.24) is 39.0 Å². The molecule has 220 valence electrons. The molecule has 0 saturated carbocycles. The lowest BCUT2D eigenvalue weighted by Gasteiger charge is -2.26. The van der Waals surface area contributed by atoms with E-state index in [9.17, 15) is 19.9 Å². The zero-order valence-electron chi connectivity index (χ0n) is 20.8. The monoisotopic (exact) mass is 614 g/mol. The molecule has 8 atom stereocenters. The molecule has 18 nitrogen and oxygen atoms in total. The number of aromatic nitrogens is 8. The highest BCUT2D eigenvalue weighted by molar-refractivity contribution is 8.07. The van der Waals surface area contributed by atoms with Gasteiger partial charge in [-0.2, -0.15) is 4.98 Å². The standard InChI is InChI=1S/C20H24FN10O8PS/c21-11-8(2-32)38-19(31-6-27-13-17(31)28-20(23)29-18(13)34)14(11)39-40(35,41)36-3-9-7(33)1-10(37-9)30-5-26-12-15(22)24-4-25-16(12)30/h4-11,14,19,32-33H,1-3H2,(H,35,41)(H2,22,24,25)(H3,23,28,29,34)/t7-,8+,9+,10+,11+,14+,19+,40?/m0/s1. The van der Waals surface area contributed by atoms with Crippen molar-refractivity contribution in [2.24, 2.45) is 0 Å². The van der Waals surface area contributed by atoms with Crippen LogP contribution in [0.2, 0.25) is 0 Å². The number of aromatic amines is 1. The van der Waals surface area contributed by atoms with E-state index in [0.717, 1.165) is 6.33 Å². The molecule has 0 amide bonds. The summed E-state index contributed by atoms with van der Waals surface area (Å²) in [5.74, 6) is -0.0392. The molecule has 0 radical (unpaired) electrons. The van der Waals surface area contributed by atoms with Crippen LogP contribution in [0.3, 0.4) is 0 Å². The van der Waals surface area contributed by atoms with E-state index >= 15 is 4.39 Å². The number of imidazole rings is 2. The first-order chi connectivity index (χ1) is 19.6. The summed E-state index contributed by atoms with van der Waals surface area (Å²) in [5, 5.41) is 20.2. The summed E-state index contributed by atoms with van der Waals surface area (Å²) < 4.78 is 40.5. The second kappa shape index (κ2) is 10.6. The first kappa shape index (κ1) is 27.9. The number of nitrogens with zero attached hydrogens (tertiary/aromatic N) is 7. The minimum Gasteiger partial charge on any atom is -0.394 e. The normalized spacial score (nSPS) is 29.9. The number of ether oxygens (including phenoxy) is 2. The van der Waals surface area contributed by atoms with Crippen molar-refractivity contribution in [3.05, 3.63) is 29.3 Å². The smallest absolute Gasteiger partial charge is 0.325 e. The number of nitrogens with two attached hydrogens (primary N) is 2. The zero-order valence-corrected chi connectivity index (χ0v) is 22.5. The highest BCUT2D eigenvalue weighted by atomic mass is 32.5. The largest absolute Gasteiger partial charge is 0.394 e. The van der Waals surface area contributed by atoms with Crippen LogP contribution < -0.4 is 17.0 Å². The number of anilines is 2. The number of alkyl halides is 1. The molecule has 6 heterocycles. The topological polar surface area (TPSA) is 257 Å². The molecule has 2 fully saturated rings. The van der Waals surface area contributed by atoms with E-state index in [0.29, 0.717) is 11.2 Å². The van der Waals surface area contributed by atoms with Crippen LogP contribution in [0.15, 0.2) is 23.8 Å². The van der Waals surface area contributed by atoms with Gasteiger partial charge in [-0.3, -0.25) is 23.4 Å². The molecule has 1 unspecified atom stereocenters. The van der Waals surface area contributed by atoms with Crippen molar-refractivity contribution < 1.29 is 38.0 Å². The molecule has 4 aromatic heterocycles. The third-order valence-corrected chi connectivity index (χ3v) is 8.29. The van der Waals surface area contributed by atoms with Gasteiger partial charge in [0.15, 0.2) is 35.0 Å². The summed E-state index contributed by atoms with van der Waals surface area (Å²) in [6.07, 6.45) is -4.97. The molecule has 0 spiro atoms. The SMILES string of the molecule is Nc1nc2c(ncn2[C@@H]2O[C@H](CO)[C@@H](F)[C@H]2OP(O)(=S)OC[C@H]2O[C@@H](n3cnc4c(N)ncnc43)C[C@@H]2O)c(=O)[nH]1. The quantitative estimate of drug-likeness (QED) is 0.125. The Morgan fingerprint density at radius 1 is 1.15 bits per heavy atom. The van der Waals surface area contributed by atoms with Gasteiger partial charge in [-0.1, -0.05) is 0 Å². The highest BCUT2D eigenvalue weighted by Gasteiger charge is 2.50. The van der Waals surface area contributed by atoms with Gasteiger partial charge in [-0.15, -0.1) is 0 Å². The van der Waals surface area contributed by atoms with Crippen molar-refractivity contribution in [3.63, 3.8) is 0 Å². The van der Waals surface area contributed by atoms with Crippen molar-refractivity contribution in [1.29, 1.82) is 0 Å². The molecule has 0 aromatic carbocycles.